The second-order valence-corrected chi connectivity index (χ2v) is 1.55. The first-order valence-electron chi connectivity index (χ1n) is 2.62. The second kappa shape index (κ2) is 7.09. The first kappa shape index (κ1) is 9.98. The predicted molar refractivity (Wildman–Crippen MR) is 35.6 cm³/mol. The van der Waals surface area contributed by atoms with Gasteiger partial charge >= 0.3 is 24.9 Å². The fourth-order valence-electron chi connectivity index (χ4n) is 0.520. The molecule has 1 unspecified atom stereocenters. The molecular formula is C6H7CuO2S. The van der Waals surface area contributed by atoms with E-state index in [-0.39, 0.29) is 12.7 Å². The Balaban J connectivity index is 0.000000371. The summed E-state index contributed by atoms with van der Waals surface area (Å²) in [6.07, 6.45) is 6.60. The third kappa shape index (κ3) is 3.90. The average Bonchev–Trinajstić information content (AvgIpc) is 2.10. The molecule has 0 N–H and O–H groups in total. The molecule has 0 saturated carbocycles. The minimum atomic E-state index is -0.236. The van der Waals surface area contributed by atoms with Crippen LogP contribution in [0.15, 0.2) is 24.5 Å². The van der Waals surface area contributed by atoms with Gasteiger partial charge < -0.3 is 9.84 Å². The van der Waals surface area contributed by atoms with Crippen LogP contribution in [0.2, 0.25) is 0 Å². The van der Waals surface area contributed by atoms with Gasteiger partial charge in [0.25, 0.3) is 0 Å². The van der Waals surface area contributed by atoms with E-state index in [1.165, 1.54) is 6.26 Å². The first-order valence-corrected chi connectivity index (χ1v) is 4.02. The summed E-state index contributed by atoms with van der Waals surface area (Å²) in [6.45, 7) is -0.194. The van der Waals surface area contributed by atoms with Crippen LogP contribution in [0.25, 0.3) is 0 Å². The van der Waals surface area contributed by atoms with E-state index in [0.717, 1.165) is 0 Å². The molecule has 2 nitrogen and oxygen atoms in total. The summed E-state index contributed by atoms with van der Waals surface area (Å²) < 4.78 is 4.85. The standard InChI is InChI=1S/C6H7O2.Cu.S/c7-5-6-3-1-2-4-8-6;;/h1-4,6H,5H2;;/q-1;+1;. The minimum absolute atomic E-state index is 0.194. The van der Waals surface area contributed by atoms with Crippen LogP contribution >= 0.6 is 10.6 Å². The molecule has 0 radical (unpaired) electrons. The van der Waals surface area contributed by atoms with Crippen molar-refractivity contribution >= 4 is 10.6 Å². The van der Waals surface area contributed by atoms with Gasteiger partial charge in [-0.05, 0) is 12.2 Å². The number of ether oxygens (including phenoxy) is 1. The third-order valence-corrected chi connectivity index (χ3v) is 0.933. The summed E-state index contributed by atoms with van der Waals surface area (Å²) in [5.74, 6) is 0. The van der Waals surface area contributed by atoms with Gasteiger partial charge in [-0.3, -0.25) is 0 Å². The predicted octanol–water partition coefficient (Wildman–Crippen LogP) is 0.461. The molecule has 0 aromatic heterocycles. The fraction of sp³-hybridized carbons (Fsp3) is 0.333. The monoisotopic (exact) mass is 206 g/mol. The molecule has 1 aliphatic rings. The van der Waals surface area contributed by atoms with Crippen LogP contribution in [0.1, 0.15) is 0 Å². The molecule has 4 heteroatoms. The summed E-state index contributed by atoms with van der Waals surface area (Å²) in [5.41, 5.74) is 0. The Hall–Kier alpha value is -0.0205. The molecule has 60 valence electrons. The molecule has 1 rings (SSSR count). The Labute approximate surface area is 72.2 Å². The molecule has 0 aromatic rings. The summed E-state index contributed by atoms with van der Waals surface area (Å²) >= 11 is 3.77. The number of hydrogen-bond donors (Lipinski definition) is 0. The van der Waals surface area contributed by atoms with Crippen molar-refractivity contribution in [1.82, 2.24) is 0 Å². The van der Waals surface area contributed by atoms with Gasteiger partial charge in [-0.15, -0.1) is 0 Å². The molecule has 1 aliphatic heterocycles. The van der Waals surface area contributed by atoms with Crippen molar-refractivity contribution in [1.29, 1.82) is 0 Å². The Morgan fingerprint density at radius 1 is 1.50 bits per heavy atom. The molecule has 1 heterocycles. The van der Waals surface area contributed by atoms with Crippen molar-refractivity contribution in [2.75, 3.05) is 6.61 Å². The van der Waals surface area contributed by atoms with Crippen molar-refractivity contribution in [2.45, 2.75) is 6.10 Å². The van der Waals surface area contributed by atoms with Crippen molar-refractivity contribution in [3.8, 4) is 0 Å². The average molecular weight is 207 g/mol. The van der Waals surface area contributed by atoms with Gasteiger partial charge in [0, 0.05) is 0 Å². The molecule has 0 saturated heterocycles. The van der Waals surface area contributed by atoms with Crippen molar-refractivity contribution < 1.29 is 24.2 Å². The molecule has 0 fully saturated rings. The van der Waals surface area contributed by atoms with Crippen LogP contribution < -0.4 is 5.11 Å². The van der Waals surface area contributed by atoms with Gasteiger partial charge in [0.15, 0.2) is 0 Å². The van der Waals surface area contributed by atoms with Crippen LogP contribution in [0.3, 0.4) is 0 Å². The molecular weight excluding hydrogens is 200 g/mol. The molecule has 0 aliphatic carbocycles. The van der Waals surface area contributed by atoms with Crippen LogP contribution in [-0.2, 0) is 19.1 Å². The molecule has 0 spiro atoms. The summed E-state index contributed by atoms with van der Waals surface area (Å²) in [5, 5.41) is 10.1. The van der Waals surface area contributed by atoms with E-state index in [4.69, 9.17) is 4.74 Å². The van der Waals surface area contributed by atoms with Crippen molar-refractivity contribution in [3.63, 3.8) is 0 Å². The SMILES string of the molecule is [O-]CC1C=CC=CO1.[S]=[Cu+]. The molecule has 0 bridgehead atoms. The summed E-state index contributed by atoms with van der Waals surface area (Å²) in [6, 6.07) is 0. The third-order valence-electron chi connectivity index (χ3n) is 0.933. The molecule has 0 aromatic carbocycles. The van der Waals surface area contributed by atoms with Gasteiger partial charge in [-0.25, -0.2) is 0 Å². The van der Waals surface area contributed by atoms with Crippen LogP contribution in [0.5, 0.6) is 0 Å². The maximum absolute atomic E-state index is 10.1. The van der Waals surface area contributed by atoms with Crippen molar-refractivity contribution in [3.05, 3.63) is 24.5 Å². The molecule has 10 heavy (non-hydrogen) atoms. The van der Waals surface area contributed by atoms with E-state index in [9.17, 15) is 5.11 Å². The van der Waals surface area contributed by atoms with E-state index >= 15 is 0 Å². The zero-order chi connectivity index (χ0) is 7.82. The normalized spacial score (nSPS) is 20.9. The molecule has 0 amide bonds. The van der Waals surface area contributed by atoms with Gasteiger partial charge in [0.05, 0.1) is 6.26 Å². The van der Waals surface area contributed by atoms with Crippen LogP contribution in [0.4, 0.5) is 0 Å². The number of rotatable bonds is 1. The molecule has 1 atom stereocenters. The van der Waals surface area contributed by atoms with Crippen molar-refractivity contribution in [2.24, 2.45) is 0 Å². The van der Waals surface area contributed by atoms with E-state index < -0.39 is 0 Å². The maximum atomic E-state index is 10.1. The van der Waals surface area contributed by atoms with Crippen LogP contribution in [-0.4, -0.2) is 12.7 Å². The summed E-state index contributed by atoms with van der Waals surface area (Å²) in [7, 11) is 3.65. The van der Waals surface area contributed by atoms with E-state index in [0.29, 0.717) is 0 Å². The Morgan fingerprint density at radius 3 is 2.50 bits per heavy atom. The van der Waals surface area contributed by atoms with E-state index in [1.807, 2.05) is 6.08 Å². The fourth-order valence-corrected chi connectivity index (χ4v) is 0.520. The van der Waals surface area contributed by atoms with Gasteiger partial charge in [-0.1, -0.05) is 12.7 Å². The first-order chi connectivity index (χ1) is 4.93. The second-order valence-electron chi connectivity index (χ2n) is 1.55. The Morgan fingerprint density at radius 2 is 2.20 bits per heavy atom. The summed E-state index contributed by atoms with van der Waals surface area (Å²) in [4.78, 5) is 0. The Kier molecular flexibility index (Phi) is 7.08. The van der Waals surface area contributed by atoms with E-state index in [1.54, 1.807) is 12.2 Å². The van der Waals surface area contributed by atoms with E-state index in [2.05, 4.69) is 24.9 Å². The Bertz CT molecular complexity index is 136. The number of allylic oxidation sites excluding steroid dienone is 2. The number of hydrogen-bond acceptors (Lipinski definition) is 3. The van der Waals surface area contributed by atoms with Crippen LogP contribution in [0, 0.1) is 0 Å². The zero-order valence-electron chi connectivity index (χ0n) is 5.12. The quantitative estimate of drug-likeness (QED) is 0.585. The topological polar surface area (TPSA) is 32.3 Å². The van der Waals surface area contributed by atoms with Gasteiger partial charge in [0.1, 0.15) is 6.10 Å². The van der Waals surface area contributed by atoms with Gasteiger partial charge in [-0.2, -0.15) is 0 Å². The van der Waals surface area contributed by atoms with Gasteiger partial charge in [0.2, 0.25) is 0 Å². The zero-order valence-corrected chi connectivity index (χ0v) is 6.88.